The largest absolute Gasteiger partial charge is 0.506 e. The SMILES string of the molecule is Oc1c([C@H](C2CC2)N2CCNCC2)ccc(F)c1Cl. The first-order chi connectivity index (χ1) is 9.18. The zero-order valence-electron chi connectivity index (χ0n) is 10.7. The van der Waals surface area contributed by atoms with Gasteiger partial charge >= 0.3 is 0 Å². The van der Waals surface area contributed by atoms with Crippen LogP contribution in [0, 0.1) is 11.7 Å². The molecule has 1 aliphatic heterocycles. The second-order valence-electron chi connectivity index (χ2n) is 5.37. The molecule has 1 aromatic carbocycles. The second kappa shape index (κ2) is 5.27. The summed E-state index contributed by atoms with van der Waals surface area (Å²) in [5, 5.41) is 13.3. The van der Waals surface area contributed by atoms with Crippen LogP contribution in [0.5, 0.6) is 5.75 Å². The molecule has 1 aromatic rings. The molecule has 0 aromatic heterocycles. The van der Waals surface area contributed by atoms with Crippen molar-refractivity contribution in [2.45, 2.75) is 18.9 Å². The molecule has 3 rings (SSSR count). The van der Waals surface area contributed by atoms with Crippen LogP contribution in [0.1, 0.15) is 24.4 Å². The lowest BCUT2D eigenvalue weighted by Gasteiger charge is -2.35. The van der Waals surface area contributed by atoms with Gasteiger partial charge in [0.1, 0.15) is 16.6 Å². The van der Waals surface area contributed by atoms with Crippen molar-refractivity contribution in [1.82, 2.24) is 10.2 Å². The van der Waals surface area contributed by atoms with Crippen molar-refractivity contribution in [3.8, 4) is 5.75 Å². The summed E-state index contributed by atoms with van der Waals surface area (Å²) in [5.41, 5.74) is 0.774. The van der Waals surface area contributed by atoms with E-state index in [-0.39, 0.29) is 16.8 Å². The number of phenols is 1. The quantitative estimate of drug-likeness (QED) is 0.895. The van der Waals surface area contributed by atoms with Gasteiger partial charge in [0.15, 0.2) is 0 Å². The molecule has 19 heavy (non-hydrogen) atoms. The minimum Gasteiger partial charge on any atom is -0.506 e. The van der Waals surface area contributed by atoms with Gasteiger partial charge in [0.2, 0.25) is 0 Å². The molecular weight excluding hydrogens is 267 g/mol. The van der Waals surface area contributed by atoms with Crippen LogP contribution in [0.2, 0.25) is 5.02 Å². The Kier molecular flexibility index (Phi) is 3.65. The van der Waals surface area contributed by atoms with E-state index in [1.807, 2.05) is 0 Å². The molecule has 0 bridgehead atoms. The molecule has 104 valence electrons. The van der Waals surface area contributed by atoms with Crippen LogP contribution in [0.25, 0.3) is 0 Å². The molecule has 1 saturated carbocycles. The van der Waals surface area contributed by atoms with Gasteiger partial charge in [-0.15, -0.1) is 0 Å². The number of aromatic hydroxyl groups is 1. The standard InChI is InChI=1S/C14H18ClFN2O/c15-12-11(16)4-3-10(14(12)19)13(9-1-2-9)18-7-5-17-6-8-18/h3-4,9,13,17,19H,1-2,5-8H2/t13-/m0/s1. The number of nitrogens with zero attached hydrogens (tertiary/aromatic N) is 1. The third kappa shape index (κ3) is 2.57. The van der Waals surface area contributed by atoms with Crippen LogP contribution < -0.4 is 5.32 Å². The molecule has 2 aliphatic rings. The summed E-state index contributed by atoms with van der Waals surface area (Å²) in [5.74, 6) is -0.0830. The number of rotatable bonds is 3. The lowest BCUT2D eigenvalue weighted by Crippen LogP contribution is -2.45. The van der Waals surface area contributed by atoms with Crippen LogP contribution in [-0.4, -0.2) is 36.2 Å². The van der Waals surface area contributed by atoms with E-state index < -0.39 is 5.82 Å². The van der Waals surface area contributed by atoms with E-state index in [1.54, 1.807) is 6.07 Å². The molecule has 1 aliphatic carbocycles. The van der Waals surface area contributed by atoms with Crippen LogP contribution in [0.3, 0.4) is 0 Å². The highest BCUT2D eigenvalue weighted by molar-refractivity contribution is 6.32. The first-order valence-electron chi connectivity index (χ1n) is 6.80. The van der Waals surface area contributed by atoms with Gasteiger partial charge in [0.25, 0.3) is 0 Å². The van der Waals surface area contributed by atoms with Gasteiger partial charge in [-0.2, -0.15) is 0 Å². The summed E-state index contributed by atoms with van der Waals surface area (Å²) in [6.07, 6.45) is 2.34. The van der Waals surface area contributed by atoms with E-state index in [0.717, 1.165) is 31.7 Å². The van der Waals surface area contributed by atoms with E-state index in [0.29, 0.717) is 5.92 Å². The van der Waals surface area contributed by atoms with E-state index in [4.69, 9.17) is 11.6 Å². The average Bonchev–Trinajstić information content (AvgIpc) is 3.25. The molecule has 2 N–H and O–H groups in total. The molecule has 0 spiro atoms. The summed E-state index contributed by atoms with van der Waals surface area (Å²) < 4.78 is 13.4. The van der Waals surface area contributed by atoms with Crippen LogP contribution in [-0.2, 0) is 0 Å². The maximum Gasteiger partial charge on any atom is 0.145 e. The molecule has 3 nitrogen and oxygen atoms in total. The summed E-state index contributed by atoms with van der Waals surface area (Å²) >= 11 is 5.84. The summed E-state index contributed by atoms with van der Waals surface area (Å²) in [6, 6.07) is 3.21. The van der Waals surface area contributed by atoms with Gasteiger partial charge in [0, 0.05) is 37.8 Å². The van der Waals surface area contributed by atoms with Gasteiger partial charge in [-0.05, 0) is 24.8 Å². The Bertz CT molecular complexity index is 473. The summed E-state index contributed by atoms with van der Waals surface area (Å²) in [7, 11) is 0. The van der Waals surface area contributed by atoms with Gasteiger partial charge in [0.05, 0.1) is 0 Å². The Balaban J connectivity index is 1.93. The number of phenolic OH excluding ortho intramolecular Hbond substituents is 1. The second-order valence-corrected chi connectivity index (χ2v) is 5.75. The van der Waals surface area contributed by atoms with Crippen LogP contribution in [0.15, 0.2) is 12.1 Å². The molecule has 0 unspecified atom stereocenters. The van der Waals surface area contributed by atoms with Gasteiger partial charge in [-0.1, -0.05) is 17.7 Å². The van der Waals surface area contributed by atoms with E-state index in [2.05, 4.69) is 10.2 Å². The number of hydrogen-bond acceptors (Lipinski definition) is 3. The predicted molar refractivity (Wildman–Crippen MR) is 73.0 cm³/mol. The topological polar surface area (TPSA) is 35.5 Å². The maximum absolute atomic E-state index is 13.4. The monoisotopic (exact) mass is 284 g/mol. The summed E-state index contributed by atoms with van der Waals surface area (Å²) in [4.78, 5) is 2.37. The third-order valence-corrected chi connectivity index (χ3v) is 4.39. The highest BCUT2D eigenvalue weighted by Crippen LogP contribution is 2.48. The van der Waals surface area contributed by atoms with E-state index in [1.165, 1.54) is 18.9 Å². The fraction of sp³-hybridized carbons (Fsp3) is 0.571. The molecule has 1 atom stereocenters. The summed E-state index contributed by atoms with van der Waals surface area (Å²) in [6.45, 7) is 3.82. The minimum absolute atomic E-state index is 0.0860. The molecule has 5 heteroatoms. The first-order valence-corrected chi connectivity index (χ1v) is 7.18. The first kappa shape index (κ1) is 13.2. The predicted octanol–water partition coefficient (Wildman–Crippen LogP) is 2.54. The Labute approximate surface area is 117 Å². The number of benzene rings is 1. The van der Waals surface area contributed by atoms with Gasteiger partial charge in [-0.3, -0.25) is 4.90 Å². The maximum atomic E-state index is 13.4. The zero-order valence-corrected chi connectivity index (χ0v) is 11.5. The van der Waals surface area contributed by atoms with E-state index in [9.17, 15) is 9.50 Å². The van der Waals surface area contributed by atoms with Crippen molar-refractivity contribution < 1.29 is 9.50 Å². The van der Waals surface area contributed by atoms with Crippen LogP contribution in [0.4, 0.5) is 4.39 Å². The lowest BCUT2D eigenvalue weighted by molar-refractivity contribution is 0.153. The van der Waals surface area contributed by atoms with E-state index >= 15 is 0 Å². The van der Waals surface area contributed by atoms with Crippen molar-refractivity contribution in [3.05, 3.63) is 28.5 Å². The molecular formula is C14H18ClFN2O. The normalized spacial score (nSPS) is 22.4. The van der Waals surface area contributed by atoms with Gasteiger partial charge < -0.3 is 10.4 Å². The number of piperazine rings is 1. The number of nitrogens with one attached hydrogen (secondary N) is 1. The van der Waals surface area contributed by atoms with Crippen molar-refractivity contribution in [1.29, 1.82) is 0 Å². The van der Waals surface area contributed by atoms with Crippen molar-refractivity contribution in [2.24, 2.45) is 5.92 Å². The Morgan fingerprint density at radius 1 is 1.32 bits per heavy atom. The number of halogens is 2. The zero-order chi connectivity index (χ0) is 13.4. The highest BCUT2D eigenvalue weighted by Gasteiger charge is 2.38. The Hall–Kier alpha value is -0.840. The fourth-order valence-electron chi connectivity index (χ4n) is 2.91. The third-order valence-electron chi connectivity index (χ3n) is 4.03. The average molecular weight is 285 g/mol. The van der Waals surface area contributed by atoms with Gasteiger partial charge in [-0.25, -0.2) is 4.39 Å². The molecule has 0 amide bonds. The number of hydrogen-bond donors (Lipinski definition) is 2. The molecule has 2 fully saturated rings. The van der Waals surface area contributed by atoms with Crippen molar-refractivity contribution in [2.75, 3.05) is 26.2 Å². The van der Waals surface area contributed by atoms with Crippen LogP contribution >= 0.6 is 11.6 Å². The minimum atomic E-state index is -0.558. The Morgan fingerprint density at radius 3 is 2.63 bits per heavy atom. The van der Waals surface area contributed by atoms with Crippen molar-refractivity contribution in [3.63, 3.8) is 0 Å². The Morgan fingerprint density at radius 2 is 2.00 bits per heavy atom. The molecule has 1 saturated heterocycles. The lowest BCUT2D eigenvalue weighted by atomic mass is 9.98. The molecule has 1 heterocycles. The highest BCUT2D eigenvalue weighted by atomic mass is 35.5. The smallest absolute Gasteiger partial charge is 0.145 e. The van der Waals surface area contributed by atoms with Crippen molar-refractivity contribution >= 4 is 11.6 Å². The fourth-order valence-corrected chi connectivity index (χ4v) is 3.09. The molecule has 0 radical (unpaired) electrons.